The van der Waals surface area contributed by atoms with E-state index in [2.05, 4.69) is 37.4 Å². The highest BCUT2D eigenvalue weighted by Crippen LogP contribution is 2.35. The number of rotatable bonds is 4. The molecule has 3 aliphatic heterocycles. The van der Waals surface area contributed by atoms with E-state index in [0.717, 1.165) is 52.0 Å². The maximum atomic E-state index is 13.7. The largest absolute Gasteiger partial charge is 0.381 e. The fourth-order valence-electron chi connectivity index (χ4n) is 7.49. The lowest BCUT2D eigenvalue weighted by atomic mass is 9.75. The molecule has 5 heterocycles. The van der Waals surface area contributed by atoms with Crippen LogP contribution in [0.1, 0.15) is 81.5 Å². The molecule has 1 aliphatic carbocycles. The third-order valence-corrected chi connectivity index (χ3v) is 9.96. The minimum Gasteiger partial charge on any atom is -0.381 e. The van der Waals surface area contributed by atoms with Crippen molar-refractivity contribution < 1.29 is 13.9 Å². The van der Waals surface area contributed by atoms with Gasteiger partial charge in [0, 0.05) is 44.3 Å². The van der Waals surface area contributed by atoms with Crippen LogP contribution in [0.4, 0.5) is 10.2 Å². The molecule has 220 valence electrons. The Bertz CT molecular complexity index is 1180. The Hall–Kier alpha value is -2.34. The average Bonchev–Trinajstić information content (AvgIpc) is 3.27. The molecule has 2 aromatic rings. The van der Waals surface area contributed by atoms with Gasteiger partial charge in [-0.05, 0) is 26.2 Å². The van der Waals surface area contributed by atoms with Crippen LogP contribution in [0.25, 0.3) is 5.65 Å². The van der Waals surface area contributed by atoms with E-state index in [1.165, 1.54) is 68.5 Å². The maximum Gasteiger partial charge on any atom is 0.259 e. The van der Waals surface area contributed by atoms with Gasteiger partial charge in [0.2, 0.25) is 0 Å². The molecule has 6 rings (SSSR count). The number of nitrogen functional groups attached to an aromatic ring is 1. The molecule has 1 spiro atoms. The van der Waals surface area contributed by atoms with Crippen molar-refractivity contribution in [2.24, 2.45) is 0 Å². The van der Waals surface area contributed by atoms with E-state index >= 15 is 0 Å². The van der Waals surface area contributed by atoms with Gasteiger partial charge in [-0.15, -0.1) is 5.10 Å². The number of ether oxygens (including phenoxy) is 1. The number of nitrogens with two attached hydrogens (primary N) is 1. The van der Waals surface area contributed by atoms with Crippen LogP contribution in [0.15, 0.2) is 12.4 Å². The molecule has 1 amide bonds. The summed E-state index contributed by atoms with van der Waals surface area (Å²) in [5, 5.41) is 11.4. The fraction of sp³-hybridized carbons (Fsp3) is 0.759. The molecular formula is C29H45FN8O2. The third kappa shape index (κ3) is 5.57. The molecule has 2 unspecified atom stereocenters. The first kappa shape index (κ1) is 27.8. The van der Waals surface area contributed by atoms with Crippen LogP contribution in [0.5, 0.6) is 0 Å². The molecule has 4 aliphatic rings. The average molecular weight is 557 g/mol. The minimum atomic E-state index is -0.532. The number of halogens is 1. The first-order valence-corrected chi connectivity index (χ1v) is 15.3. The maximum absolute atomic E-state index is 13.7. The lowest BCUT2D eigenvalue weighted by Crippen LogP contribution is -2.70. The molecule has 0 bridgehead atoms. The zero-order chi connectivity index (χ0) is 27.7. The van der Waals surface area contributed by atoms with Crippen molar-refractivity contribution in [2.45, 2.75) is 94.3 Å². The summed E-state index contributed by atoms with van der Waals surface area (Å²) in [6.07, 6.45) is 14.8. The summed E-state index contributed by atoms with van der Waals surface area (Å²) in [4.78, 5) is 23.0. The van der Waals surface area contributed by atoms with Crippen molar-refractivity contribution in [1.29, 1.82) is 0 Å². The molecule has 4 fully saturated rings. The number of nitrogens with zero attached hydrogens (tertiary/aromatic N) is 5. The number of hydrogen-bond donors (Lipinski definition) is 3. The van der Waals surface area contributed by atoms with Crippen molar-refractivity contribution in [1.82, 2.24) is 35.0 Å². The predicted octanol–water partition coefficient (Wildman–Crippen LogP) is 2.58. The zero-order valence-corrected chi connectivity index (χ0v) is 23.8. The lowest BCUT2D eigenvalue weighted by molar-refractivity contribution is -0.143. The molecule has 3 saturated heterocycles. The Labute approximate surface area is 236 Å². The summed E-state index contributed by atoms with van der Waals surface area (Å²) in [5.41, 5.74) is 6.87. The zero-order valence-electron chi connectivity index (χ0n) is 23.8. The number of aromatic nitrogens is 3. The number of carbonyl (C=O) groups excluding carboxylic acids is 1. The van der Waals surface area contributed by atoms with Crippen molar-refractivity contribution in [3.8, 4) is 0 Å². The summed E-state index contributed by atoms with van der Waals surface area (Å²) >= 11 is 0. The first-order valence-electron chi connectivity index (χ1n) is 15.3. The number of fused-ring (bicyclic) bond motifs is 1. The van der Waals surface area contributed by atoms with Gasteiger partial charge >= 0.3 is 0 Å². The second-order valence-corrected chi connectivity index (χ2v) is 12.8. The van der Waals surface area contributed by atoms with Gasteiger partial charge in [-0.3, -0.25) is 14.6 Å². The number of piperidine rings is 1. The normalized spacial score (nSPS) is 28.2. The number of hydrogen-bond acceptors (Lipinski definition) is 8. The van der Waals surface area contributed by atoms with E-state index < -0.39 is 5.82 Å². The number of carbonyl (C=O) groups is 1. The van der Waals surface area contributed by atoms with E-state index in [4.69, 9.17) is 10.5 Å². The van der Waals surface area contributed by atoms with Gasteiger partial charge in [0.25, 0.3) is 5.91 Å². The smallest absolute Gasteiger partial charge is 0.259 e. The van der Waals surface area contributed by atoms with Gasteiger partial charge in [0.15, 0.2) is 17.3 Å². The van der Waals surface area contributed by atoms with E-state index in [9.17, 15) is 9.18 Å². The Morgan fingerprint density at radius 1 is 1.10 bits per heavy atom. The summed E-state index contributed by atoms with van der Waals surface area (Å²) in [5.74, 6) is -0.775. The predicted molar refractivity (Wildman–Crippen MR) is 152 cm³/mol. The second-order valence-electron chi connectivity index (χ2n) is 12.8. The van der Waals surface area contributed by atoms with Crippen molar-refractivity contribution in [3.05, 3.63) is 23.8 Å². The van der Waals surface area contributed by atoms with Crippen LogP contribution in [-0.4, -0.2) is 99.4 Å². The molecule has 11 heteroatoms. The summed E-state index contributed by atoms with van der Waals surface area (Å²) in [6, 6.07) is 0.131. The van der Waals surface area contributed by atoms with Crippen LogP contribution in [-0.2, 0) is 4.74 Å². The minimum absolute atomic E-state index is 0.0595. The van der Waals surface area contributed by atoms with E-state index in [1.807, 2.05) is 0 Å². The molecule has 2 atom stereocenters. The number of amides is 1. The van der Waals surface area contributed by atoms with E-state index in [0.29, 0.717) is 6.54 Å². The summed E-state index contributed by atoms with van der Waals surface area (Å²) in [6.45, 7) is 8.59. The monoisotopic (exact) mass is 556 g/mol. The highest BCUT2D eigenvalue weighted by atomic mass is 19.1. The molecule has 0 radical (unpaired) electrons. The van der Waals surface area contributed by atoms with Crippen molar-refractivity contribution in [2.75, 3.05) is 51.7 Å². The molecule has 40 heavy (non-hydrogen) atoms. The van der Waals surface area contributed by atoms with E-state index in [-0.39, 0.29) is 46.1 Å². The SMILES string of the molecule is CC1(N2CCN(C3CC4(CCCCCCCCC4)NCC3NC(=O)c3c(N)nn4cc(F)cnc34)CC2)COC1. The van der Waals surface area contributed by atoms with Gasteiger partial charge in [0.1, 0.15) is 5.56 Å². The third-order valence-electron chi connectivity index (χ3n) is 9.96. The molecule has 4 N–H and O–H groups in total. The van der Waals surface area contributed by atoms with Crippen molar-refractivity contribution in [3.63, 3.8) is 0 Å². The Morgan fingerprint density at radius 2 is 1.77 bits per heavy atom. The van der Waals surface area contributed by atoms with Gasteiger partial charge in [-0.1, -0.05) is 44.9 Å². The standard InChI is InChI=1S/C29H45FN8O2/c1-28(19-40-20-28)37-13-11-36(12-14-37)23-15-29(9-7-5-3-2-4-6-8-10-29)33-17-22(23)34-27(39)24-25(31)35-38-18-21(30)16-32-26(24)38/h16,18,22-23,33H,2-15,17,19-20H2,1H3,(H2,31,35)(H,34,39). The molecule has 0 aromatic carbocycles. The topological polar surface area (TPSA) is 113 Å². The van der Waals surface area contributed by atoms with Crippen molar-refractivity contribution >= 4 is 17.4 Å². The molecule has 1 saturated carbocycles. The Balaban J connectivity index is 1.22. The van der Waals surface area contributed by atoms with Crippen LogP contribution in [0, 0.1) is 5.82 Å². The Kier molecular flexibility index (Phi) is 8.00. The quantitative estimate of drug-likeness (QED) is 0.527. The van der Waals surface area contributed by atoms with Crippen LogP contribution >= 0.6 is 0 Å². The molecule has 10 nitrogen and oxygen atoms in total. The highest BCUT2D eigenvalue weighted by Gasteiger charge is 2.46. The second kappa shape index (κ2) is 11.5. The van der Waals surface area contributed by atoms with E-state index in [1.54, 1.807) is 0 Å². The summed E-state index contributed by atoms with van der Waals surface area (Å²) in [7, 11) is 0. The van der Waals surface area contributed by atoms with Crippen LogP contribution in [0.2, 0.25) is 0 Å². The van der Waals surface area contributed by atoms with Crippen LogP contribution in [0.3, 0.4) is 0 Å². The Morgan fingerprint density at radius 3 is 2.42 bits per heavy atom. The highest BCUT2D eigenvalue weighted by molar-refractivity contribution is 6.04. The lowest BCUT2D eigenvalue weighted by Gasteiger charge is -2.54. The van der Waals surface area contributed by atoms with Gasteiger partial charge in [-0.2, -0.15) is 0 Å². The number of nitrogens with one attached hydrogen (secondary N) is 2. The van der Waals surface area contributed by atoms with Gasteiger partial charge in [-0.25, -0.2) is 13.9 Å². The van der Waals surface area contributed by atoms with Crippen LogP contribution < -0.4 is 16.4 Å². The fourth-order valence-corrected chi connectivity index (χ4v) is 7.49. The molecular weight excluding hydrogens is 511 g/mol. The number of anilines is 1. The number of piperazine rings is 1. The summed E-state index contributed by atoms with van der Waals surface area (Å²) < 4.78 is 20.5. The molecule has 2 aromatic heterocycles. The van der Waals surface area contributed by atoms with Gasteiger partial charge < -0.3 is 21.1 Å². The first-order chi connectivity index (χ1) is 19.4. The van der Waals surface area contributed by atoms with Gasteiger partial charge in [0.05, 0.1) is 37.2 Å².